The lowest BCUT2D eigenvalue weighted by atomic mass is 9.66. The number of carbonyl (C=O) groups is 1. The van der Waals surface area contributed by atoms with Crippen LogP contribution in [0.3, 0.4) is 0 Å². The molecule has 4 fully saturated rings. The van der Waals surface area contributed by atoms with Gasteiger partial charge in [0.15, 0.2) is 5.60 Å². The first-order valence-electron chi connectivity index (χ1n) is 9.68. The van der Waals surface area contributed by atoms with Crippen molar-refractivity contribution in [2.75, 3.05) is 6.61 Å². The van der Waals surface area contributed by atoms with Gasteiger partial charge in [-0.3, -0.25) is 4.79 Å². The number of nitrogens with one attached hydrogen (secondary N) is 2. The molecule has 4 aliphatic rings. The van der Waals surface area contributed by atoms with E-state index in [-0.39, 0.29) is 33.9 Å². The maximum absolute atomic E-state index is 13.4. The van der Waals surface area contributed by atoms with Gasteiger partial charge < -0.3 is 15.4 Å². The van der Waals surface area contributed by atoms with Gasteiger partial charge in [0.2, 0.25) is 0 Å². The Balaban J connectivity index is 1.56. The summed E-state index contributed by atoms with van der Waals surface area (Å²) < 4.78 is 6.26. The number of amides is 1. The Labute approximate surface area is 146 Å². The first-order chi connectivity index (χ1) is 10.9. The summed E-state index contributed by atoms with van der Waals surface area (Å²) in [5.41, 5.74) is -0.296. The number of hydrogen-bond donors (Lipinski definition) is 2. The van der Waals surface area contributed by atoms with Gasteiger partial charge in [0.1, 0.15) is 0 Å². The standard InChI is InChI=1S/C20H34N2O2/c1-16(2)10-14(11-17(3,4)22-16)21-15(23)20-9-13-7-8-19(20,6)18(13,5)12-24-20/h13-14,22H,7-12H2,1-6H3,(H,21,23)/t13-,18+,19+,20+/m0/s1. The van der Waals surface area contributed by atoms with Crippen molar-refractivity contribution in [3.05, 3.63) is 0 Å². The number of carbonyl (C=O) groups excluding carboxylic acids is 1. The molecule has 0 radical (unpaired) electrons. The van der Waals surface area contributed by atoms with E-state index in [1.807, 2.05) is 0 Å². The van der Waals surface area contributed by atoms with Crippen LogP contribution in [0.2, 0.25) is 0 Å². The van der Waals surface area contributed by atoms with Gasteiger partial charge in [0.25, 0.3) is 5.91 Å². The molecule has 4 nitrogen and oxygen atoms in total. The van der Waals surface area contributed by atoms with Crippen LogP contribution >= 0.6 is 0 Å². The fourth-order valence-electron chi connectivity index (χ4n) is 6.98. The van der Waals surface area contributed by atoms with Crippen molar-refractivity contribution in [2.24, 2.45) is 16.7 Å². The van der Waals surface area contributed by atoms with E-state index in [0.29, 0.717) is 5.92 Å². The maximum Gasteiger partial charge on any atom is 0.253 e. The predicted molar refractivity (Wildman–Crippen MR) is 94.7 cm³/mol. The van der Waals surface area contributed by atoms with Gasteiger partial charge in [0, 0.05) is 27.9 Å². The highest BCUT2D eigenvalue weighted by Crippen LogP contribution is 2.75. The first-order valence-corrected chi connectivity index (χ1v) is 9.68. The summed E-state index contributed by atoms with van der Waals surface area (Å²) >= 11 is 0. The second-order valence-electron chi connectivity index (χ2n) is 10.8. The van der Waals surface area contributed by atoms with E-state index in [1.165, 1.54) is 6.42 Å². The zero-order chi connectivity index (χ0) is 17.6. The van der Waals surface area contributed by atoms with Crippen LogP contribution in [0.1, 0.15) is 73.6 Å². The Morgan fingerprint density at radius 3 is 2.21 bits per heavy atom. The molecule has 4 bridgehead atoms. The molecule has 24 heavy (non-hydrogen) atoms. The van der Waals surface area contributed by atoms with Gasteiger partial charge in [0.05, 0.1) is 6.61 Å². The Hall–Kier alpha value is -0.610. The SMILES string of the molecule is CC1(C)CC(NC(=O)[C@]23C[C@@H]4CC[C@]2(C)[C@]4(C)CO3)CC(C)(C)N1. The zero-order valence-corrected chi connectivity index (χ0v) is 16.2. The first kappa shape index (κ1) is 16.8. The van der Waals surface area contributed by atoms with E-state index in [0.717, 1.165) is 32.3 Å². The fraction of sp³-hybridized carbons (Fsp3) is 0.950. The van der Waals surface area contributed by atoms with Crippen LogP contribution in [0.25, 0.3) is 0 Å². The number of piperidine rings is 1. The van der Waals surface area contributed by atoms with Gasteiger partial charge in [-0.25, -0.2) is 0 Å². The number of ether oxygens (including phenoxy) is 1. The third kappa shape index (κ3) is 1.96. The minimum absolute atomic E-state index is 0.00665. The van der Waals surface area contributed by atoms with Crippen molar-refractivity contribution >= 4 is 5.91 Å². The summed E-state index contributed by atoms with van der Waals surface area (Å²) in [6, 6.07) is 0.219. The highest BCUT2D eigenvalue weighted by atomic mass is 16.5. The van der Waals surface area contributed by atoms with Crippen molar-refractivity contribution in [1.29, 1.82) is 0 Å². The van der Waals surface area contributed by atoms with Crippen LogP contribution in [0.5, 0.6) is 0 Å². The minimum atomic E-state index is -0.580. The highest BCUT2D eigenvalue weighted by molar-refractivity contribution is 5.88. The summed E-state index contributed by atoms with van der Waals surface area (Å²) in [4.78, 5) is 13.4. The monoisotopic (exact) mass is 334 g/mol. The van der Waals surface area contributed by atoms with Crippen molar-refractivity contribution < 1.29 is 9.53 Å². The molecule has 0 unspecified atom stereocenters. The molecular formula is C20H34N2O2. The Bertz CT molecular complexity index is 570. The van der Waals surface area contributed by atoms with Gasteiger partial charge in [-0.1, -0.05) is 13.8 Å². The normalized spacial score (nSPS) is 48.7. The molecule has 1 amide bonds. The molecule has 4 atom stereocenters. The number of rotatable bonds is 2. The van der Waals surface area contributed by atoms with E-state index in [1.54, 1.807) is 0 Å². The molecule has 2 saturated carbocycles. The van der Waals surface area contributed by atoms with Crippen molar-refractivity contribution in [3.63, 3.8) is 0 Å². The van der Waals surface area contributed by atoms with Crippen LogP contribution in [-0.4, -0.2) is 35.2 Å². The average Bonchev–Trinajstić information content (AvgIpc) is 2.87. The lowest BCUT2D eigenvalue weighted by Gasteiger charge is -2.48. The lowest BCUT2D eigenvalue weighted by molar-refractivity contribution is -0.157. The predicted octanol–water partition coefficient (Wildman–Crippen LogP) is 3.01. The van der Waals surface area contributed by atoms with E-state index in [4.69, 9.17) is 4.74 Å². The van der Waals surface area contributed by atoms with Gasteiger partial charge in [-0.15, -0.1) is 0 Å². The van der Waals surface area contributed by atoms with E-state index in [9.17, 15) is 4.79 Å². The van der Waals surface area contributed by atoms with Crippen LogP contribution in [0.4, 0.5) is 0 Å². The topological polar surface area (TPSA) is 50.4 Å². The quantitative estimate of drug-likeness (QED) is 0.816. The summed E-state index contributed by atoms with van der Waals surface area (Å²) in [6.07, 6.45) is 5.25. The molecule has 0 spiro atoms. The highest BCUT2D eigenvalue weighted by Gasteiger charge is 2.78. The van der Waals surface area contributed by atoms with Crippen LogP contribution in [-0.2, 0) is 9.53 Å². The smallest absolute Gasteiger partial charge is 0.253 e. The van der Waals surface area contributed by atoms with Gasteiger partial charge in [-0.05, 0) is 65.7 Å². The third-order valence-electron chi connectivity index (χ3n) is 8.09. The molecule has 4 rings (SSSR count). The van der Waals surface area contributed by atoms with Gasteiger partial charge in [-0.2, -0.15) is 0 Å². The Morgan fingerprint density at radius 1 is 1.04 bits per heavy atom. The summed E-state index contributed by atoms with van der Waals surface area (Å²) in [7, 11) is 0. The molecule has 2 aliphatic carbocycles. The average molecular weight is 335 g/mol. The van der Waals surface area contributed by atoms with Crippen LogP contribution in [0.15, 0.2) is 0 Å². The fourth-order valence-corrected chi connectivity index (χ4v) is 6.98. The van der Waals surface area contributed by atoms with E-state index < -0.39 is 5.60 Å². The molecule has 4 heteroatoms. The summed E-state index contributed by atoms with van der Waals surface area (Å²) in [5.74, 6) is 0.817. The molecule has 0 aromatic heterocycles. The van der Waals surface area contributed by atoms with E-state index in [2.05, 4.69) is 52.2 Å². The van der Waals surface area contributed by atoms with Crippen LogP contribution in [0, 0.1) is 16.7 Å². The Morgan fingerprint density at radius 2 is 1.67 bits per heavy atom. The second-order valence-corrected chi connectivity index (χ2v) is 10.8. The van der Waals surface area contributed by atoms with Gasteiger partial charge >= 0.3 is 0 Å². The Kier molecular flexibility index (Phi) is 3.20. The maximum atomic E-state index is 13.4. The van der Waals surface area contributed by atoms with E-state index >= 15 is 0 Å². The molecular weight excluding hydrogens is 300 g/mol. The van der Waals surface area contributed by atoms with Crippen molar-refractivity contribution in [1.82, 2.24) is 10.6 Å². The molecule has 0 aromatic rings. The molecule has 136 valence electrons. The molecule has 2 N–H and O–H groups in total. The van der Waals surface area contributed by atoms with Crippen molar-refractivity contribution in [3.8, 4) is 0 Å². The molecule has 2 saturated heterocycles. The molecule has 2 heterocycles. The molecule has 2 aliphatic heterocycles. The number of hydrogen-bond acceptors (Lipinski definition) is 3. The zero-order valence-electron chi connectivity index (χ0n) is 16.2. The minimum Gasteiger partial charge on any atom is -0.364 e. The van der Waals surface area contributed by atoms with Crippen molar-refractivity contribution in [2.45, 2.75) is 96.4 Å². The third-order valence-corrected chi connectivity index (χ3v) is 8.09. The van der Waals surface area contributed by atoms with Crippen LogP contribution < -0.4 is 10.6 Å². The lowest BCUT2D eigenvalue weighted by Crippen LogP contribution is -2.64. The summed E-state index contributed by atoms with van der Waals surface area (Å²) in [5, 5.41) is 7.11. The second kappa shape index (κ2) is 4.56. The summed E-state index contributed by atoms with van der Waals surface area (Å²) in [6.45, 7) is 14.3. The largest absolute Gasteiger partial charge is 0.364 e. The molecule has 0 aromatic carbocycles.